The van der Waals surface area contributed by atoms with Gasteiger partial charge in [0, 0.05) is 25.1 Å². The van der Waals surface area contributed by atoms with E-state index >= 15 is 0 Å². The molecule has 1 saturated carbocycles. The summed E-state index contributed by atoms with van der Waals surface area (Å²) in [6.45, 7) is 0.931. The quantitative estimate of drug-likeness (QED) is 0.438. The van der Waals surface area contributed by atoms with E-state index in [1.54, 1.807) is 12.1 Å². The Labute approximate surface area is 128 Å². The average molecular weight is 312 g/mol. The first-order valence-corrected chi connectivity index (χ1v) is 7.37. The molecule has 1 aromatic carbocycles. The fraction of sp³-hybridized carbons (Fsp3) is 0.500. The van der Waals surface area contributed by atoms with Crippen LogP contribution in [-0.4, -0.2) is 23.4 Å². The third kappa shape index (κ3) is 4.99. The summed E-state index contributed by atoms with van der Waals surface area (Å²) in [6.07, 6.45) is 3.32. The molecule has 0 aliphatic heterocycles. The fourth-order valence-electron chi connectivity index (χ4n) is 2.01. The largest absolute Gasteiger partial charge is 0.353 e. The highest BCUT2D eigenvalue weighted by atomic mass is 35.5. The van der Waals surface area contributed by atoms with E-state index in [0.717, 1.165) is 12.8 Å². The summed E-state index contributed by atoms with van der Waals surface area (Å²) in [5.74, 6) is 0.0722. The minimum Gasteiger partial charge on any atom is -0.353 e. The number of rotatable bonds is 8. The smallest absolute Gasteiger partial charge is 0.275 e. The molecule has 6 nitrogen and oxygen atoms in total. The molecule has 0 unspecified atom stereocenters. The zero-order valence-corrected chi connectivity index (χ0v) is 12.4. The van der Waals surface area contributed by atoms with Gasteiger partial charge in [0.25, 0.3) is 5.69 Å². The molecular formula is C14H18ClN3O3. The first-order valence-electron chi connectivity index (χ1n) is 7.00. The van der Waals surface area contributed by atoms with E-state index in [9.17, 15) is 14.9 Å². The number of benzene rings is 1. The molecule has 114 valence electrons. The van der Waals surface area contributed by atoms with E-state index in [1.165, 1.54) is 6.07 Å². The highest BCUT2D eigenvalue weighted by molar-refractivity contribution is 6.31. The van der Waals surface area contributed by atoms with Gasteiger partial charge in [-0.3, -0.25) is 14.9 Å². The van der Waals surface area contributed by atoms with Crippen LogP contribution in [0, 0.1) is 10.1 Å². The van der Waals surface area contributed by atoms with Crippen LogP contribution < -0.4 is 10.6 Å². The van der Waals surface area contributed by atoms with Gasteiger partial charge >= 0.3 is 0 Å². The van der Waals surface area contributed by atoms with Crippen LogP contribution in [0.15, 0.2) is 18.2 Å². The lowest BCUT2D eigenvalue weighted by atomic mass is 10.1. The number of hydrogen-bond acceptors (Lipinski definition) is 4. The molecule has 1 aliphatic rings. The van der Waals surface area contributed by atoms with Crippen molar-refractivity contribution >= 4 is 23.2 Å². The summed E-state index contributed by atoms with van der Waals surface area (Å²) < 4.78 is 0. The Morgan fingerprint density at radius 2 is 2.19 bits per heavy atom. The molecule has 0 atom stereocenters. The van der Waals surface area contributed by atoms with Crippen LogP contribution in [0.3, 0.4) is 0 Å². The van der Waals surface area contributed by atoms with E-state index in [4.69, 9.17) is 11.6 Å². The second kappa shape index (κ2) is 7.38. The van der Waals surface area contributed by atoms with Crippen LogP contribution in [0.5, 0.6) is 0 Å². The summed E-state index contributed by atoms with van der Waals surface area (Å²) in [6, 6.07) is 5.02. The second-order valence-corrected chi connectivity index (χ2v) is 5.52. The van der Waals surface area contributed by atoms with Gasteiger partial charge in [0.05, 0.1) is 15.5 Å². The van der Waals surface area contributed by atoms with Gasteiger partial charge in [-0.15, -0.1) is 0 Å². The molecule has 2 N–H and O–H groups in total. The molecule has 0 radical (unpaired) electrons. The zero-order valence-electron chi connectivity index (χ0n) is 11.6. The molecule has 0 heterocycles. The Morgan fingerprint density at radius 3 is 2.86 bits per heavy atom. The van der Waals surface area contributed by atoms with E-state index in [-0.39, 0.29) is 11.6 Å². The summed E-state index contributed by atoms with van der Waals surface area (Å²) in [4.78, 5) is 22.0. The van der Waals surface area contributed by atoms with Crippen molar-refractivity contribution in [3.05, 3.63) is 38.9 Å². The van der Waals surface area contributed by atoms with Gasteiger partial charge in [0.1, 0.15) is 0 Å². The molecule has 1 aromatic rings. The molecule has 0 saturated heterocycles. The molecule has 0 spiro atoms. The highest BCUT2D eigenvalue weighted by Crippen LogP contribution is 2.25. The Morgan fingerprint density at radius 1 is 1.43 bits per heavy atom. The first-order chi connectivity index (χ1) is 10.1. The molecule has 0 bridgehead atoms. The lowest BCUT2D eigenvalue weighted by Gasteiger charge is -2.07. The van der Waals surface area contributed by atoms with E-state index in [2.05, 4.69) is 10.6 Å². The second-order valence-electron chi connectivity index (χ2n) is 5.12. The standard InChI is InChI=1S/C14H18ClN3O3/c15-12-3-1-4-13(18(20)21)11(12)9-16-8-2-5-14(19)17-10-6-7-10/h1,3-4,10,16H,2,5-9H2,(H,17,19). The van der Waals surface area contributed by atoms with Crippen molar-refractivity contribution in [1.29, 1.82) is 0 Å². The van der Waals surface area contributed by atoms with Crippen molar-refractivity contribution in [2.24, 2.45) is 0 Å². The van der Waals surface area contributed by atoms with Crippen molar-refractivity contribution in [2.45, 2.75) is 38.3 Å². The molecule has 7 heteroatoms. The van der Waals surface area contributed by atoms with Gasteiger partial charge in [-0.2, -0.15) is 0 Å². The summed E-state index contributed by atoms with van der Waals surface area (Å²) >= 11 is 5.99. The summed E-state index contributed by atoms with van der Waals surface area (Å²) in [5, 5.41) is 17.3. The van der Waals surface area contributed by atoms with Crippen LogP contribution in [0.2, 0.25) is 5.02 Å². The minimum atomic E-state index is -0.439. The van der Waals surface area contributed by atoms with Crippen LogP contribution >= 0.6 is 11.6 Å². The minimum absolute atomic E-state index is 0.0153. The number of nitrogens with zero attached hydrogens (tertiary/aromatic N) is 1. The molecule has 1 fully saturated rings. The molecule has 1 aliphatic carbocycles. The van der Waals surface area contributed by atoms with Crippen LogP contribution in [0.25, 0.3) is 0 Å². The number of nitrogens with one attached hydrogen (secondary N) is 2. The number of halogens is 1. The normalized spacial score (nSPS) is 14.0. The van der Waals surface area contributed by atoms with Crippen molar-refractivity contribution in [3.63, 3.8) is 0 Å². The van der Waals surface area contributed by atoms with Crippen molar-refractivity contribution in [3.8, 4) is 0 Å². The maximum absolute atomic E-state index is 11.5. The fourth-order valence-corrected chi connectivity index (χ4v) is 2.24. The molecular weight excluding hydrogens is 294 g/mol. The SMILES string of the molecule is O=C(CCCNCc1c(Cl)cccc1[N+](=O)[O-])NC1CC1. The highest BCUT2D eigenvalue weighted by Gasteiger charge is 2.22. The monoisotopic (exact) mass is 311 g/mol. The number of hydrogen-bond donors (Lipinski definition) is 2. The van der Waals surface area contributed by atoms with E-state index in [0.29, 0.717) is 42.6 Å². The van der Waals surface area contributed by atoms with Gasteiger partial charge in [-0.05, 0) is 31.9 Å². The topological polar surface area (TPSA) is 84.3 Å². The van der Waals surface area contributed by atoms with E-state index in [1.807, 2.05) is 0 Å². The third-order valence-corrected chi connectivity index (χ3v) is 3.65. The van der Waals surface area contributed by atoms with Crippen molar-refractivity contribution in [1.82, 2.24) is 10.6 Å². The van der Waals surface area contributed by atoms with Gasteiger partial charge in [-0.25, -0.2) is 0 Å². The number of carbonyl (C=O) groups is 1. The van der Waals surface area contributed by atoms with Gasteiger partial charge < -0.3 is 10.6 Å². The molecule has 0 aromatic heterocycles. The van der Waals surface area contributed by atoms with Crippen LogP contribution in [-0.2, 0) is 11.3 Å². The molecule has 2 rings (SSSR count). The van der Waals surface area contributed by atoms with Gasteiger partial charge in [0.2, 0.25) is 5.91 Å². The maximum atomic E-state index is 11.5. The van der Waals surface area contributed by atoms with Crippen LogP contribution in [0.4, 0.5) is 5.69 Å². The lowest BCUT2D eigenvalue weighted by molar-refractivity contribution is -0.385. The predicted molar refractivity (Wildman–Crippen MR) is 80.2 cm³/mol. The molecule has 21 heavy (non-hydrogen) atoms. The Hall–Kier alpha value is -1.66. The van der Waals surface area contributed by atoms with Crippen molar-refractivity contribution < 1.29 is 9.72 Å². The number of nitro groups is 1. The van der Waals surface area contributed by atoms with E-state index < -0.39 is 4.92 Å². The lowest BCUT2D eigenvalue weighted by Crippen LogP contribution is -2.26. The third-order valence-electron chi connectivity index (χ3n) is 3.29. The maximum Gasteiger partial charge on any atom is 0.275 e. The Balaban J connectivity index is 1.73. The Bertz CT molecular complexity index is 532. The average Bonchev–Trinajstić information content (AvgIpc) is 3.23. The Kier molecular flexibility index (Phi) is 5.52. The predicted octanol–water partition coefficient (Wildman–Crippen LogP) is 2.40. The number of carbonyl (C=O) groups excluding carboxylic acids is 1. The van der Waals surface area contributed by atoms with Crippen LogP contribution in [0.1, 0.15) is 31.2 Å². The summed E-state index contributed by atoms with van der Waals surface area (Å²) in [7, 11) is 0. The molecule has 1 amide bonds. The number of amides is 1. The summed E-state index contributed by atoms with van der Waals surface area (Å²) in [5.41, 5.74) is 0.494. The zero-order chi connectivity index (χ0) is 15.2. The van der Waals surface area contributed by atoms with Gasteiger partial charge in [0.15, 0.2) is 0 Å². The van der Waals surface area contributed by atoms with Gasteiger partial charge in [-0.1, -0.05) is 17.7 Å². The number of nitro benzene ring substituents is 1. The van der Waals surface area contributed by atoms with Crippen molar-refractivity contribution in [2.75, 3.05) is 6.54 Å². The first kappa shape index (κ1) is 15.7.